The van der Waals surface area contributed by atoms with Crippen molar-refractivity contribution in [3.05, 3.63) is 39.7 Å². The van der Waals surface area contributed by atoms with Gasteiger partial charge in [0.05, 0.1) is 5.56 Å². The largest absolute Gasteiger partial charge is 0.507 e. The van der Waals surface area contributed by atoms with Crippen LogP contribution in [0.15, 0.2) is 27.4 Å². The van der Waals surface area contributed by atoms with Gasteiger partial charge in [-0.2, -0.15) is 0 Å². The van der Waals surface area contributed by atoms with E-state index in [0.717, 1.165) is 17.4 Å². The number of aliphatic carboxylic acids is 1. The van der Waals surface area contributed by atoms with Crippen LogP contribution in [0.3, 0.4) is 0 Å². The quantitative estimate of drug-likeness (QED) is 0.841. The van der Waals surface area contributed by atoms with Gasteiger partial charge in [0.25, 0.3) is 0 Å². The predicted molar refractivity (Wildman–Crippen MR) is 80.0 cm³/mol. The fourth-order valence-electron chi connectivity index (χ4n) is 3.08. The Bertz CT molecular complexity index is 795. The molecule has 0 unspecified atom stereocenters. The standard InChI is InChI=1S/C16H17NO5/c1-9-7-14(19)22-15-10(9)4-5-13(18)11(15)8-17-6-2-3-12(17)16(20)21/h4-5,7,12,18H,2-3,6,8H2,1H3,(H,20,21)/t12-/m0/s1. The molecule has 3 rings (SSSR count). The fourth-order valence-corrected chi connectivity index (χ4v) is 3.08. The number of aryl methyl sites for hydroxylation is 1. The monoisotopic (exact) mass is 303 g/mol. The molecule has 0 saturated carbocycles. The summed E-state index contributed by atoms with van der Waals surface area (Å²) in [6.07, 6.45) is 1.38. The molecule has 2 aromatic rings. The molecule has 0 amide bonds. The zero-order chi connectivity index (χ0) is 15.9. The van der Waals surface area contributed by atoms with Gasteiger partial charge < -0.3 is 14.6 Å². The first kappa shape index (κ1) is 14.6. The van der Waals surface area contributed by atoms with Gasteiger partial charge in [-0.05, 0) is 44.0 Å². The number of hydrogen-bond acceptors (Lipinski definition) is 5. The summed E-state index contributed by atoms with van der Waals surface area (Å²) in [5.41, 5.74) is 1.09. The van der Waals surface area contributed by atoms with E-state index in [1.54, 1.807) is 24.0 Å². The van der Waals surface area contributed by atoms with Gasteiger partial charge in [-0.1, -0.05) is 0 Å². The molecule has 0 spiro atoms. The number of likely N-dealkylation sites (tertiary alicyclic amines) is 1. The third-order valence-corrected chi connectivity index (χ3v) is 4.21. The van der Waals surface area contributed by atoms with Crippen LogP contribution in [0.1, 0.15) is 24.0 Å². The normalized spacial score (nSPS) is 18.9. The Morgan fingerprint density at radius 3 is 2.95 bits per heavy atom. The number of phenolic OH excluding ortho intramolecular Hbond substituents is 1. The van der Waals surface area contributed by atoms with Crippen LogP contribution in [0.5, 0.6) is 5.75 Å². The molecule has 1 aliphatic rings. The minimum atomic E-state index is -0.866. The van der Waals surface area contributed by atoms with E-state index in [2.05, 4.69) is 0 Å². The van der Waals surface area contributed by atoms with E-state index >= 15 is 0 Å². The highest BCUT2D eigenvalue weighted by molar-refractivity contribution is 5.85. The van der Waals surface area contributed by atoms with Gasteiger partial charge in [-0.3, -0.25) is 9.69 Å². The van der Waals surface area contributed by atoms with E-state index in [9.17, 15) is 19.8 Å². The Morgan fingerprint density at radius 1 is 1.45 bits per heavy atom. The maximum absolute atomic E-state index is 11.6. The lowest BCUT2D eigenvalue weighted by Crippen LogP contribution is -2.35. The van der Waals surface area contributed by atoms with Crippen LogP contribution in [-0.4, -0.2) is 33.7 Å². The lowest BCUT2D eigenvalue weighted by atomic mass is 10.1. The van der Waals surface area contributed by atoms with Crippen LogP contribution in [0, 0.1) is 6.92 Å². The molecule has 1 aliphatic heterocycles. The average molecular weight is 303 g/mol. The summed E-state index contributed by atoms with van der Waals surface area (Å²) in [6.45, 7) is 2.69. The summed E-state index contributed by atoms with van der Waals surface area (Å²) in [7, 11) is 0. The zero-order valence-corrected chi connectivity index (χ0v) is 12.2. The lowest BCUT2D eigenvalue weighted by Gasteiger charge is -2.22. The van der Waals surface area contributed by atoms with Gasteiger partial charge in [0.1, 0.15) is 17.4 Å². The molecule has 1 fully saturated rings. The highest BCUT2D eigenvalue weighted by Crippen LogP contribution is 2.31. The SMILES string of the molecule is Cc1cc(=O)oc2c(CN3CCC[C@H]3C(=O)O)c(O)ccc12. The summed E-state index contributed by atoms with van der Waals surface area (Å²) >= 11 is 0. The fraction of sp³-hybridized carbons (Fsp3) is 0.375. The molecular weight excluding hydrogens is 286 g/mol. The molecule has 0 radical (unpaired) electrons. The molecule has 1 aromatic heterocycles. The smallest absolute Gasteiger partial charge is 0.336 e. The zero-order valence-electron chi connectivity index (χ0n) is 12.2. The third kappa shape index (κ3) is 2.46. The molecule has 116 valence electrons. The van der Waals surface area contributed by atoms with Crippen molar-refractivity contribution < 1.29 is 19.4 Å². The number of carboxylic acids is 1. The molecule has 22 heavy (non-hydrogen) atoms. The summed E-state index contributed by atoms with van der Waals surface area (Å²) in [5, 5.41) is 20.1. The van der Waals surface area contributed by atoms with Crippen molar-refractivity contribution in [2.45, 2.75) is 32.4 Å². The van der Waals surface area contributed by atoms with E-state index < -0.39 is 17.6 Å². The number of nitrogens with zero attached hydrogens (tertiary/aromatic N) is 1. The molecule has 2 heterocycles. The Hall–Kier alpha value is -2.34. The minimum Gasteiger partial charge on any atom is -0.507 e. The maximum Gasteiger partial charge on any atom is 0.336 e. The van der Waals surface area contributed by atoms with Gasteiger partial charge in [0, 0.05) is 18.0 Å². The summed E-state index contributed by atoms with van der Waals surface area (Å²) in [4.78, 5) is 24.7. The number of benzene rings is 1. The van der Waals surface area contributed by atoms with E-state index in [1.165, 1.54) is 6.07 Å². The third-order valence-electron chi connectivity index (χ3n) is 4.21. The van der Waals surface area contributed by atoms with Gasteiger partial charge in [0.2, 0.25) is 0 Å². The van der Waals surface area contributed by atoms with E-state index in [4.69, 9.17) is 4.42 Å². The summed E-state index contributed by atoms with van der Waals surface area (Å²) in [5.74, 6) is -0.854. The second-order valence-electron chi connectivity index (χ2n) is 5.66. The molecule has 1 aromatic carbocycles. The van der Waals surface area contributed by atoms with Gasteiger partial charge in [-0.15, -0.1) is 0 Å². The molecule has 6 nitrogen and oxygen atoms in total. The first-order valence-electron chi connectivity index (χ1n) is 7.19. The van der Waals surface area contributed by atoms with Crippen LogP contribution >= 0.6 is 0 Å². The first-order chi connectivity index (χ1) is 10.5. The van der Waals surface area contributed by atoms with E-state index in [1.807, 2.05) is 0 Å². The highest BCUT2D eigenvalue weighted by atomic mass is 16.4. The number of carboxylic acid groups (broad SMARTS) is 1. The molecule has 1 saturated heterocycles. The summed E-state index contributed by atoms with van der Waals surface area (Å²) in [6, 6.07) is 4.09. The van der Waals surface area contributed by atoms with Crippen LogP contribution in [0.4, 0.5) is 0 Å². The predicted octanol–water partition coefficient (Wildman–Crippen LogP) is 1.86. The molecule has 0 aliphatic carbocycles. The number of hydrogen-bond donors (Lipinski definition) is 2. The Kier molecular flexibility index (Phi) is 3.62. The molecule has 0 bridgehead atoms. The Balaban J connectivity index is 2.08. The van der Waals surface area contributed by atoms with E-state index in [-0.39, 0.29) is 12.3 Å². The number of carbonyl (C=O) groups is 1. The van der Waals surface area contributed by atoms with Crippen molar-refractivity contribution in [3.8, 4) is 5.75 Å². The maximum atomic E-state index is 11.6. The van der Waals surface area contributed by atoms with Crippen molar-refractivity contribution in [3.63, 3.8) is 0 Å². The molecule has 2 N–H and O–H groups in total. The number of fused-ring (bicyclic) bond motifs is 1. The van der Waals surface area contributed by atoms with Crippen LogP contribution in [-0.2, 0) is 11.3 Å². The molecular formula is C16H17NO5. The van der Waals surface area contributed by atoms with Crippen molar-refractivity contribution in [1.82, 2.24) is 4.90 Å². The van der Waals surface area contributed by atoms with E-state index in [0.29, 0.717) is 24.1 Å². The summed E-state index contributed by atoms with van der Waals surface area (Å²) < 4.78 is 5.27. The van der Waals surface area contributed by atoms with Gasteiger partial charge in [-0.25, -0.2) is 4.79 Å². The van der Waals surface area contributed by atoms with Gasteiger partial charge >= 0.3 is 11.6 Å². The second-order valence-corrected chi connectivity index (χ2v) is 5.66. The second kappa shape index (κ2) is 5.46. The van der Waals surface area contributed by atoms with Crippen LogP contribution in [0.25, 0.3) is 11.0 Å². The van der Waals surface area contributed by atoms with Crippen LogP contribution in [0.2, 0.25) is 0 Å². The topological polar surface area (TPSA) is 91.0 Å². The van der Waals surface area contributed by atoms with Crippen molar-refractivity contribution in [2.24, 2.45) is 0 Å². The highest BCUT2D eigenvalue weighted by Gasteiger charge is 2.31. The van der Waals surface area contributed by atoms with Gasteiger partial charge in [0.15, 0.2) is 0 Å². The Labute approximate surface area is 126 Å². The first-order valence-corrected chi connectivity index (χ1v) is 7.19. The van der Waals surface area contributed by atoms with Crippen molar-refractivity contribution in [2.75, 3.05) is 6.54 Å². The van der Waals surface area contributed by atoms with Crippen molar-refractivity contribution in [1.29, 1.82) is 0 Å². The minimum absolute atomic E-state index is 0.0114. The Morgan fingerprint density at radius 2 is 2.23 bits per heavy atom. The number of phenols is 1. The lowest BCUT2D eigenvalue weighted by molar-refractivity contribution is -0.142. The number of rotatable bonds is 3. The molecule has 6 heteroatoms. The number of aromatic hydroxyl groups is 1. The van der Waals surface area contributed by atoms with Crippen molar-refractivity contribution >= 4 is 16.9 Å². The molecule has 1 atom stereocenters. The van der Waals surface area contributed by atoms with Crippen LogP contribution < -0.4 is 5.63 Å². The average Bonchev–Trinajstić information content (AvgIpc) is 2.90.